The highest BCUT2D eigenvalue weighted by molar-refractivity contribution is 5.89. The van der Waals surface area contributed by atoms with E-state index in [9.17, 15) is 13.6 Å². The Bertz CT molecular complexity index is 612. The first-order valence-corrected chi connectivity index (χ1v) is 6.10. The smallest absolute Gasteiger partial charge is 0.319 e. The van der Waals surface area contributed by atoms with Crippen molar-refractivity contribution in [2.45, 2.75) is 13.5 Å². The number of carbonyl (C=O) groups excluding carboxylic acids is 1. The Hall–Kier alpha value is -2.43. The van der Waals surface area contributed by atoms with Gasteiger partial charge in [-0.05, 0) is 48.4 Å². The topological polar surface area (TPSA) is 41.1 Å². The zero-order valence-corrected chi connectivity index (χ0v) is 10.9. The summed E-state index contributed by atoms with van der Waals surface area (Å²) in [6.07, 6.45) is 0. The number of nitrogens with one attached hydrogen (secondary N) is 2. The fraction of sp³-hybridized carbons (Fsp3) is 0.133. The van der Waals surface area contributed by atoms with Crippen LogP contribution < -0.4 is 10.6 Å². The molecule has 2 N–H and O–H groups in total. The van der Waals surface area contributed by atoms with Crippen molar-refractivity contribution in [2.24, 2.45) is 0 Å². The molecule has 0 heterocycles. The summed E-state index contributed by atoms with van der Waals surface area (Å²) < 4.78 is 25.8. The molecule has 5 heteroatoms. The van der Waals surface area contributed by atoms with E-state index in [1.165, 1.54) is 24.3 Å². The quantitative estimate of drug-likeness (QED) is 0.883. The average Bonchev–Trinajstić information content (AvgIpc) is 2.42. The Morgan fingerprint density at radius 3 is 2.45 bits per heavy atom. The van der Waals surface area contributed by atoms with Crippen molar-refractivity contribution < 1.29 is 13.6 Å². The van der Waals surface area contributed by atoms with Crippen molar-refractivity contribution in [2.75, 3.05) is 5.32 Å². The van der Waals surface area contributed by atoms with E-state index in [0.717, 1.165) is 5.56 Å². The molecule has 0 aliphatic carbocycles. The monoisotopic (exact) mass is 276 g/mol. The molecule has 0 saturated heterocycles. The Morgan fingerprint density at radius 2 is 1.80 bits per heavy atom. The van der Waals surface area contributed by atoms with Gasteiger partial charge in [0.1, 0.15) is 11.6 Å². The number of carbonyl (C=O) groups is 1. The lowest BCUT2D eigenvalue weighted by molar-refractivity contribution is 0.251. The fourth-order valence-electron chi connectivity index (χ4n) is 1.68. The van der Waals surface area contributed by atoms with E-state index in [-0.39, 0.29) is 18.2 Å². The van der Waals surface area contributed by atoms with Gasteiger partial charge >= 0.3 is 6.03 Å². The van der Waals surface area contributed by atoms with Crippen LogP contribution in [0.2, 0.25) is 0 Å². The largest absolute Gasteiger partial charge is 0.334 e. The Balaban J connectivity index is 1.89. The summed E-state index contributed by atoms with van der Waals surface area (Å²) in [5.41, 5.74) is 1.76. The standard InChI is InChI=1S/C15H14F2N2O/c1-10-8-13(6-7-14(10)17)19-15(20)18-9-11-2-4-12(16)5-3-11/h2-8H,9H2,1H3,(H2,18,19,20). The van der Waals surface area contributed by atoms with Gasteiger partial charge in [-0.2, -0.15) is 0 Å². The number of hydrogen-bond acceptors (Lipinski definition) is 1. The Morgan fingerprint density at radius 1 is 1.10 bits per heavy atom. The number of hydrogen-bond donors (Lipinski definition) is 2. The predicted octanol–water partition coefficient (Wildman–Crippen LogP) is 3.59. The van der Waals surface area contributed by atoms with E-state index in [1.54, 1.807) is 25.1 Å². The lowest BCUT2D eigenvalue weighted by atomic mass is 10.2. The van der Waals surface area contributed by atoms with Crippen LogP contribution in [0.4, 0.5) is 19.3 Å². The second-order valence-corrected chi connectivity index (χ2v) is 4.40. The van der Waals surface area contributed by atoms with E-state index in [4.69, 9.17) is 0 Å². The molecular weight excluding hydrogens is 262 g/mol. The van der Waals surface area contributed by atoms with Gasteiger partial charge in [-0.3, -0.25) is 0 Å². The van der Waals surface area contributed by atoms with Crippen LogP contribution in [0.5, 0.6) is 0 Å². The lowest BCUT2D eigenvalue weighted by Crippen LogP contribution is -2.28. The number of benzene rings is 2. The van der Waals surface area contributed by atoms with Gasteiger partial charge in [-0.1, -0.05) is 12.1 Å². The highest BCUT2D eigenvalue weighted by Crippen LogP contribution is 2.13. The number of rotatable bonds is 3. The van der Waals surface area contributed by atoms with Gasteiger partial charge in [0, 0.05) is 12.2 Å². The molecule has 2 amide bonds. The van der Waals surface area contributed by atoms with Crippen LogP contribution in [-0.4, -0.2) is 6.03 Å². The molecule has 0 radical (unpaired) electrons. The highest BCUT2D eigenvalue weighted by Gasteiger charge is 2.04. The Kier molecular flexibility index (Phi) is 4.30. The molecule has 0 bridgehead atoms. The summed E-state index contributed by atoms with van der Waals surface area (Å²) in [7, 11) is 0. The van der Waals surface area contributed by atoms with E-state index in [0.29, 0.717) is 11.3 Å². The summed E-state index contributed by atoms with van der Waals surface area (Å²) in [5.74, 6) is -0.637. The first kappa shape index (κ1) is 14.0. The third-order valence-electron chi connectivity index (χ3n) is 2.78. The van der Waals surface area contributed by atoms with Crippen LogP contribution in [0.15, 0.2) is 42.5 Å². The van der Waals surface area contributed by atoms with Crippen LogP contribution in [0, 0.1) is 18.6 Å². The molecule has 2 aromatic rings. The van der Waals surface area contributed by atoms with Crippen LogP contribution >= 0.6 is 0 Å². The number of aryl methyl sites for hydroxylation is 1. The molecule has 0 fully saturated rings. The van der Waals surface area contributed by atoms with E-state index in [2.05, 4.69) is 10.6 Å². The number of urea groups is 1. The van der Waals surface area contributed by atoms with Crippen LogP contribution in [0.25, 0.3) is 0 Å². The van der Waals surface area contributed by atoms with Gasteiger partial charge in [-0.15, -0.1) is 0 Å². The maximum Gasteiger partial charge on any atom is 0.319 e. The van der Waals surface area contributed by atoms with Crippen molar-refractivity contribution in [3.8, 4) is 0 Å². The second-order valence-electron chi connectivity index (χ2n) is 4.40. The van der Waals surface area contributed by atoms with Gasteiger partial charge in [0.05, 0.1) is 0 Å². The van der Waals surface area contributed by atoms with Crippen LogP contribution in [-0.2, 0) is 6.54 Å². The van der Waals surface area contributed by atoms with E-state index >= 15 is 0 Å². The van der Waals surface area contributed by atoms with Crippen LogP contribution in [0.3, 0.4) is 0 Å². The Labute approximate surface area is 115 Å². The molecule has 0 saturated carbocycles. The molecule has 0 atom stereocenters. The summed E-state index contributed by atoms with van der Waals surface area (Å²) in [6, 6.07) is 9.78. The predicted molar refractivity (Wildman–Crippen MR) is 73.4 cm³/mol. The summed E-state index contributed by atoms with van der Waals surface area (Å²) >= 11 is 0. The third-order valence-corrected chi connectivity index (χ3v) is 2.78. The molecule has 0 aliphatic heterocycles. The molecule has 0 aliphatic rings. The maximum absolute atomic E-state index is 13.1. The van der Waals surface area contributed by atoms with Crippen molar-refractivity contribution in [1.82, 2.24) is 5.32 Å². The minimum Gasteiger partial charge on any atom is -0.334 e. The molecule has 2 rings (SSSR count). The number of anilines is 1. The molecule has 104 valence electrons. The van der Waals surface area contributed by atoms with Crippen molar-refractivity contribution >= 4 is 11.7 Å². The summed E-state index contributed by atoms with van der Waals surface area (Å²) in [5, 5.41) is 5.24. The van der Waals surface area contributed by atoms with Gasteiger partial charge in [0.2, 0.25) is 0 Å². The fourth-order valence-corrected chi connectivity index (χ4v) is 1.68. The van der Waals surface area contributed by atoms with Crippen molar-refractivity contribution in [3.05, 3.63) is 65.2 Å². The molecule has 3 nitrogen and oxygen atoms in total. The molecule has 2 aromatic carbocycles. The molecule has 20 heavy (non-hydrogen) atoms. The van der Waals surface area contributed by atoms with E-state index in [1.807, 2.05) is 0 Å². The molecule has 0 aromatic heterocycles. The second kappa shape index (κ2) is 6.14. The zero-order valence-electron chi connectivity index (χ0n) is 10.9. The van der Waals surface area contributed by atoms with Crippen LogP contribution in [0.1, 0.15) is 11.1 Å². The van der Waals surface area contributed by atoms with Crippen molar-refractivity contribution in [3.63, 3.8) is 0 Å². The van der Waals surface area contributed by atoms with Gasteiger partial charge in [0.15, 0.2) is 0 Å². The number of halogens is 2. The highest BCUT2D eigenvalue weighted by atomic mass is 19.1. The first-order chi connectivity index (χ1) is 9.54. The summed E-state index contributed by atoms with van der Waals surface area (Å²) in [4.78, 5) is 11.7. The minimum absolute atomic E-state index is 0.284. The number of amides is 2. The van der Waals surface area contributed by atoms with Gasteiger partial charge in [0.25, 0.3) is 0 Å². The van der Waals surface area contributed by atoms with Gasteiger partial charge in [-0.25, -0.2) is 13.6 Å². The zero-order chi connectivity index (χ0) is 14.5. The molecule has 0 unspecified atom stereocenters. The van der Waals surface area contributed by atoms with Gasteiger partial charge < -0.3 is 10.6 Å². The maximum atomic E-state index is 13.1. The minimum atomic E-state index is -0.402. The van der Waals surface area contributed by atoms with E-state index < -0.39 is 6.03 Å². The lowest BCUT2D eigenvalue weighted by Gasteiger charge is -2.08. The normalized spacial score (nSPS) is 10.2. The third kappa shape index (κ3) is 3.78. The summed E-state index contributed by atoms with van der Waals surface area (Å²) in [6.45, 7) is 1.91. The van der Waals surface area contributed by atoms with Crippen molar-refractivity contribution in [1.29, 1.82) is 0 Å². The SMILES string of the molecule is Cc1cc(NC(=O)NCc2ccc(F)cc2)ccc1F. The first-order valence-electron chi connectivity index (χ1n) is 6.10. The average molecular weight is 276 g/mol. The molecule has 0 spiro atoms. The molecular formula is C15H14F2N2O.